The molecule has 2 heterocycles. The second-order valence-corrected chi connectivity index (χ2v) is 7.10. The van der Waals surface area contributed by atoms with Gasteiger partial charge in [-0.2, -0.15) is 0 Å². The van der Waals surface area contributed by atoms with Gasteiger partial charge in [0.15, 0.2) is 11.5 Å². The average Bonchev–Trinajstić information content (AvgIpc) is 2.95. The van der Waals surface area contributed by atoms with Gasteiger partial charge < -0.3 is 24.8 Å². The van der Waals surface area contributed by atoms with Gasteiger partial charge >= 0.3 is 5.97 Å². The van der Waals surface area contributed by atoms with Gasteiger partial charge in [0.2, 0.25) is 12.7 Å². The first-order valence-electron chi connectivity index (χ1n) is 9.35. The first kappa shape index (κ1) is 22.3. The Morgan fingerprint density at radius 2 is 2.04 bits per heavy atom. The topological polar surface area (TPSA) is 91.3 Å². The number of halogens is 1. The Morgan fingerprint density at radius 1 is 1.25 bits per heavy atom. The maximum Gasteiger partial charge on any atom is 0.317 e. The third kappa shape index (κ3) is 6.25. The van der Waals surface area contributed by atoms with Crippen molar-refractivity contribution in [1.29, 1.82) is 0 Å². The minimum atomic E-state index is -0.793. The molecule has 1 unspecified atom stereocenters. The number of carboxylic acid groups (broad SMARTS) is 1. The summed E-state index contributed by atoms with van der Waals surface area (Å²) in [5, 5.41) is 11.8. The van der Waals surface area contributed by atoms with E-state index in [1.165, 1.54) is 0 Å². The lowest BCUT2D eigenvalue weighted by Crippen LogP contribution is -2.36. The summed E-state index contributed by atoms with van der Waals surface area (Å²) >= 11 is 0. The van der Waals surface area contributed by atoms with Gasteiger partial charge in [0.05, 0.1) is 6.54 Å². The third-order valence-electron chi connectivity index (χ3n) is 5.11. The molecule has 1 amide bonds. The molecule has 1 fully saturated rings. The Bertz CT molecular complexity index is 688. The van der Waals surface area contributed by atoms with Gasteiger partial charge in [-0.1, -0.05) is 0 Å². The van der Waals surface area contributed by atoms with Crippen molar-refractivity contribution in [2.24, 2.45) is 0 Å². The van der Waals surface area contributed by atoms with E-state index in [0.29, 0.717) is 30.2 Å². The number of nitrogens with one attached hydrogen (secondary N) is 1. The molecule has 0 aromatic heterocycles. The smallest absolute Gasteiger partial charge is 0.317 e. The van der Waals surface area contributed by atoms with E-state index in [-0.39, 0.29) is 37.7 Å². The molecular weight excluding hydrogens is 386 g/mol. The number of anilines is 1. The fourth-order valence-corrected chi connectivity index (χ4v) is 3.60. The Morgan fingerprint density at radius 3 is 2.82 bits per heavy atom. The minimum Gasteiger partial charge on any atom is -0.480 e. The minimum absolute atomic E-state index is 0. The van der Waals surface area contributed by atoms with Gasteiger partial charge in [0.1, 0.15) is 0 Å². The molecule has 1 saturated heterocycles. The summed E-state index contributed by atoms with van der Waals surface area (Å²) in [4.78, 5) is 27.3. The SMILES string of the molecule is CN(CC(=O)O)C1CCCN(CCC(=O)Nc2ccc3c(c2)OCO3)CC1.Cl. The van der Waals surface area contributed by atoms with Gasteiger partial charge in [-0.05, 0) is 51.5 Å². The van der Waals surface area contributed by atoms with Crippen LogP contribution in [0.2, 0.25) is 0 Å². The number of hydrogen-bond acceptors (Lipinski definition) is 6. The number of fused-ring (bicyclic) bond motifs is 1. The van der Waals surface area contributed by atoms with Crippen LogP contribution in [-0.4, -0.2) is 72.8 Å². The lowest BCUT2D eigenvalue weighted by Gasteiger charge is -2.25. The molecule has 2 aliphatic rings. The summed E-state index contributed by atoms with van der Waals surface area (Å²) in [6.07, 6.45) is 3.35. The number of likely N-dealkylation sites (N-methyl/N-ethyl adjacent to an activating group) is 1. The number of carboxylic acids is 1. The molecule has 28 heavy (non-hydrogen) atoms. The van der Waals surface area contributed by atoms with E-state index in [9.17, 15) is 9.59 Å². The van der Waals surface area contributed by atoms with Gasteiger partial charge in [-0.25, -0.2) is 0 Å². The Balaban J connectivity index is 0.00000280. The summed E-state index contributed by atoms with van der Waals surface area (Å²) < 4.78 is 10.6. The van der Waals surface area contributed by atoms with Crippen LogP contribution in [-0.2, 0) is 9.59 Å². The van der Waals surface area contributed by atoms with Crippen LogP contribution < -0.4 is 14.8 Å². The zero-order chi connectivity index (χ0) is 19.2. The number of hydrogen-bond donors (Lipinski definition) is 2. The van der Waals surface area contributed by atoms with E-state index in [4.69, 9.17) is 14.6 Å². The molecule has 156 valence electrons. The number of nitrogens with zero attached hydrogens (tertiary/aromatic N) is 2. The summed E-state index contributed by atoms with van der Waals surface area (Å²) in [5.74, 6) is 0.522. The largest absolute Gasteiger partial charge is 0.480 e. The zero-order valence-electron chi connectivity index (χ0n) is 16.1. The second-order valence-electron chi connectivity index (χ2n) is 7.10. The highest BCUT2D eigenvalue weighted by Gasteiger charge is 2.22. The van der Waals surface area contributed by atoms with E-state index in [0.717, 1.165) is 32.4 Å². The summed E-state index contributed by atoms with van der Waals surface area (Å²) in [6.45, 7) is 2.80. The molecule has 1 aromatic rings. The normalized spacial score (nSPS) is 19.0. The van der Waals surface area contributed by atoms with E-state index in [1.807, 2.05) is 11.9 Å². The van der Waals surface area contributed by atoms with Gasteiger partial charge in [0, 0.05) is 30.8 Å². The van der Waals surface area contributed by atoms with E-state index in [1.54, 1.807) is 18.2 Å². The molecule has 0 bridgehead atoms. The number of benzene rings is 1. The highest BCUT2D eigenvalue weighted by Crippen LogP contribution is 2.34. The van der Waals surface area contributed by atoms with Crippen LogP contribution in [0.15, 0.2) is 18.2 Å². The number of carbonyl (C=O) groups is 2. The van der Waals surface area contributed by atoms with Gasteiger partial charge in [-0.15, -0.1) is 12.4 Å². The van der Waals surface area contributed by atoms with Crippen LogP contribution in [0, 0.1) is 0 Å². The molecule has 1 aromatic carbocycles. The number of ether oxygens (including phenoxy) is 2. The standard InChI is InChI=1S/C19H27N3O5.ClH/c1-21(12-19(24)25)15-3-2-8-22(9-6-15)10-7-18(23)20-14-4-5-16-17(11-14)27-13-26-16;/h4-5,11,15H,2-3,6-10,12-13H2,1H3,(H,20,23)(H,24,25);1H. The van der Waals surface area contributed by atoms with E-state index in [2.05, 4.69) is 10.2 Å². The van der Waals surface area contributed by atoms with Crippen molar-refractivity contribution in [1.82, 2.24) is 9.80 Å². The van der Waals surface area contributed by atoms with Crippen LogP contribution in [0.4, 0.5) is 5.69 Å². The summed E-state index contributed by atoms with van der Waals surface area (Å²) in [7, 11) is 1.87. The monoisotopic (exact) mass is 413 g/mol. The Hall–Kier alpha value is -2.03. The lowest BCUT2D eigenvalue weighted by atomic mass is 10.1. The molecule has 0 aliphatic carbocycles. The molecule has 3 rings (SSSR count). The number of amides is 1. The fraction of sp³-hybridized carbons (Fsp3) is 0.579. The predicted octanol–water partition coefficient (Wildman–Crippen LogP) is 2.04. The Kier molecular flexibility index (Phi) is 8.35. The van der Waals surface area contributed by atoms with Crippen LogP contribution in [0.1, 0.15) is 25.7 Å². The van der Waals surface area contributed by atoms with Crippen molar-refractivity contribution in [3.63, 3.8) is 0 Å². The third-order valence-corrected chi connectivity index (χ3v) is 5.11. The van der Waals surface area contributed by atoms with Crippen molar-refractivity contribution < 1.29 is 24.2 Å². The molecular formula is C19H28ClN3O5. The lowest BCUT2D eigenvalue weighted by molar-refractivity contribution is -0.138. The van der Waals surface area contributed by atoms with Gasteiger partial charge in [0.25, 0.3) is 0 Å². The fourth-order valence-electron chi connectivity index (χ4n) is 3.60. The molecule has 0 radical (unpaired) electrons. The maximum absolute atomic E-state index is 12.3. The van der Waals surface area contributed by atoms with Crippen molar-refractivity contribution in [2.75, 3.05) is 45.3 Å². The average molecular weight is 414 g/mol. The van der Waals surface area contributed by atoms with E-state index >= 15 is 0 Å². The van der Waals surface area contributed by atoms with Crippen LogP contribution >= 0.6 is 12.4 Å². The van der Waals surface area contributed by atoms with Crippen molar-refractivity contribution in [3.8, 4) is 11.5 Å². The molecule has 8 nitrogen and oxygen atoms in total. The van der Waals surface area contributed by atoms with Crippen LogP contribution in [0.5, 0.6) is 11.5 Å². The Labute approximate surface area is 171 Å². The van der Waals surface area contributed by atoms with Crippen molar-refractivity contribution in [2.45, 2.75) is 31.7 Å². The molecule has 0 saturated carbocycles. The molecule has 2 aliphatic heterocycles. The van der Waals surface area contributed by atoms with Gasteiger partial charge in [-0.3, -0.25) is 14.5 Å². The van der Waals surface area contributed by atoms with Crippen LogP contribution in [0.3, 0.4) is 0 Å². The highest BCUT2D eigenvalue weighted by atomic mass is 35.5. The summed E-state index contributed by atoms with van der Waals surface area (Å²) in [6, 6.07) is 5.66. The van der Waals surface area contributed by atoms with Crippen molar-refractivity contribution in [3.05, 3.63) is 18.2 Å². The zero-order valence-corrected chi connectivity index (χ0v) is 16.9. The van der Waals surface area contributed by atoms with E-state index < -0.39 is 5.97 Å². The van der Waals surface area contributed by atoms with Crippen LogP contribution in [0.25, 0.3) is 0 Å². The second kappa shape index (κ2) is 10.5. The number of likely N-dealkylation sites (tertiary alicyclic amines) is 1. The molecule has 0 spiro atoms. The molecule has 1 atom stereocenters. The predicted molar refractivity (Wildman–Crippen MR) is 107 cm³/mol. The molecule has 9 heteroatoms. The maximum atomic E-state index is 12.3. The quantitative estimate of drug-likeness (QED) is 0.706. The number of carbonyl (C=O) groups excluding carboxylic acids is 1. The van der Waals surface area contributed by atoms with Crippen molar-refractivity contribution >= 4 is 30.0 Å². The first-order valence-corrected chi connectivity index (χ1v) is 9.35. The highest BCUT2D eigenvalue weighted by molar-refractivity contribution is 5.91. The number of aliphatic carboxylic acids is 1. The number of rotatable bonds is 7. The first-order chi connectivity index (χ1) is 13.0. The molecule has 2 N–H and O–H groups in total. The summed E-state index contributed by atoms with van der Waals surface area (Å²) in [5.41, 5.74) is 0.704.